The summed E-state index contributed by atoms with van der Waals surface area (Å²) in [5, 5.41) is 3.83. The van der Waals surface area contributed by atoms with Gasteiger partial charge < -0.3 is 10.2 Å². The van der Waals surface area contributed by atoms with Crippen LogP contribution in [-0.4, -0.2) is 34.6 Å². The molecule has 7 heteroatoms. The molecule has 0 aliphatic carbocycles. The molecule has 0 aliphatic heterocycles. The van der Waals surface area contributed by atoms with E-state index < -0.39 is 6.04 Å². The molecular weight excluding hydrogens is 451 g/mol. The highest BCUT2D eigenvalue weighted by molar-refractivity contribution is 7.99. The lowest BCUT2D eigenvalue weighted by Gasteiger charge is -2.31. The zero-order valence-electron chi connectivity index (χ0n) is 18.5. The van der Waals surface area contributed by atoms with E-state index in [2.05, 4.69) is 36.5 Å². The van der Waals surface area contributed by atoms with Gasteiger partial charge in [0.1, 0.15) is 6.04 Å². The highest BCUT2D eigenvalue weighted by Crippen LogP contribution is 2.24. The number of thioether (sulfide) groups is 1. The van der Waals surface area contributed by atoms with E-state index in [-0.39, 0.29) is 17.9 Å². The Labute approximate surface area is 199 Å². The van der Waals surface area contributed by atoms with Crippen molar-refractivity contribution < 1.29 is 9.59 Å². The molecule has 0 aliphatic rings. The molecule has 2 aromatic carbocycles. The molecule has 4 nitrogen and oxygen atoms in total. The van der Waals surface area contributed by atoms with Gasteiger partial charge in [0, 0.05) is 18.3 Å². The van der Waals surface area contributed by atoms with E-state index in [0.717, 1.165) is 11.3 Å². The fourth-order valence-electron chi connectivity index (χ4n) is 3.16. The molecule has 2 rings (SSSR count). The molecule has 1 N–H and O–H groups in total. The average molecular weight is 481 g/mol. The van der Waals surface area contributed by atoms with Crippen molar-refractivity contribution in [1.82, 2.24) is 10.2 Å². The summed E-state index contributed by atoms with van der Waals surface area (Å²) in [5.41, 5.74) is 3.21. The van der Waals surface area contributed by atoms with Crippen molar-refractivity contribution in [3.63, 3.8) is 0 Å². The molecule has 0 fully saturated rings. The van der Waals surface area contributed by atoms with Gasteiger partial charge in [0.05, 0.1) is 15.8 Å². The van der Waals surface area contributed by atoms with Crippen LogP contribution in [-0.2, 0) is 21.9 Å². The number of benzene rings is 2. The maximum Gasteiger partial charge on any atom is 0.243 e. The number of carbonyl (C=O) groups excluding carboxylic acids is 2. The molecule has 2 amide bonds. The lowest BCUT2D eigenvalue weighted by molar-refractivity contribution is -0.139. The third kappa shape index (κ3) is 8.06. The summed E-state index contributed by atoms with van der Waals surface area (Å²) in [6, 6.07) is 13.0. The summed E-state index contributed by atoms with van der Waals surface area (Å²) in [7, 11) is 0. The fraction of sp³-hybridized carbons (Fsp3) is 0.417. The summed E-state index contributed by atoms with van der Waals surface area (Å²) in [6.45, 7) is 8.08. The van der Waals surface area contributed by atoms with Crippen molar-refractivity contribution in [2.75, 3.05) is 5.75 Å². The molecule has 2 aromatic rings. The predicted molar refractivity (Wildman–Crippen MR) is 132 cm³/mol. The Hall–Kier alpha value is -1.69. The zero-order valence-corrected chi connectivity index (χ0v) is 20.8. The summed E-state index contributed by atoms with van der Waals surface area (Å²) < 4.78 is 0. The summed E-state index contributed by atoms with van der Waals surface area (Å²) in [6.07, 6.45) is 0.522. The number of nitrogens with one attached hydrogen (secondary N) is 1. The number of hydrogen-bond donors (Lipinski definition) is 1. The first kappa shape index (κ1) is 25.6. The Morgan fingerprint density at radius 3 is 2.26 bits per heavy atom. The number of amides is 2. The van der Waals surface area contributed by atoms with Crippen molar-refractivity contribution in [3.05, 3.63) is 69.2 Å². The standard InChI is InChI=1S/C24H30Cl2N2O2S/c1-5-22(24(30)27-16(2)3)28(13-19-10-11-20(25)21(26)12-19)23(29)15-31-14-18-8-6-17(4)7-9-18/h6-12,16,22H,5,13-15H2,1-4H3,(H,27,30). The third-order valence-corrected chi connectivity index (χ3v) is 6.50. The highest BCUT2D eigenvalue weighted by Gasteiger charge is 2.29. The van der Waals surface area contributed by atoms with Gasteiger partial charge in [-0.1, -0.05) is 66.0 Å². The molecule has 0 saturated heterocycles. The number of carbonyl (C=O) groups is 2. The van der Waals surface area contributed by atoms with Crippen LogP contribution < -0.4 is 5.32 Å². The van der Waals surface area contributed by atoms with E-state index in [1.807, 2.05) is 26.8 Å². The third-order valence-electron chi connectivity index (χ3n) is 4.77. The summed E-state index contributed by atoms with van der Waals surface area (Å²) in [5.74, 6) is 0.811. The topological polar surface area (TPSA) is 49.4 Å². The van der Waals surface area contributed by atoms with Crippen LogP contribution in [0.4, 0.5) is 0 Å². The second-order valence-electron chi connectivity index (χ2n) is 7.84. The van der Waals surface area contributed by atoms with E-state index in [0.29, 0.717) is 28.8 Å². The fourth-order valence-corrected chi connectivity index (χ4v) is 4.35. The maximum absolute atomic E-state index is 13.2. The van der Waals surface area contributed by atoms with Crippen LogP contribution >= 0.6 is 35.0 Å². The first-order chi connectivity index (χ1) is 14.7. The van der Waals surface area contributed by atoms with Gasteiger partial charge in [0.15, 0.2) is 0 Å². The Bertz CT molecular complexity index is 888. The smallest absolute Gasteiger partial charge is 0.243 e. The van der Waals surface area contributed by atoms with Gasteiger partial charge in [-0.2, -0.15) is 0 Å². The van der Waals surface area contributed by atoms with Crippen LogP contribution in [0.1, 0.15) is 43.9 Å². The van der Waals surface area contributed by atoms with E-state index >= 15 is 0 Å². The van der Waals surface area contributed by atoms with E-state index in [4.69, 9.17) is 23.2 Å². The second-order valence-corrected chi connectivity index (χ2v) is 9.64. The van der Waals surface area contributed by atoms with Gasteiger partial charge in [-0.15, -0.1) is 11.8 Å². The minimum absolute atomic E-state index is 0.000564. The molecular formula is C24H30Cl2N2O2S. The molecule has 0 saturated carbocycles. The minimum Gasteiger partial charge on any atom is -0.352 e. The number of aryl methyl sites for hydroxylation is 1. The molecule has 0 aromatic heterocycles. The van der Waals surface area contributed by atoms with Gasteiger partial charge in [-0.25, -0.2) is 0 Å². The normalized spacial score (nSPS) is 12.0. The van der Waals surface area contributed by atoms with Crippen molar-refractivity contribution in [3.8, 4) is 0 Å². The molecule has 31 heavy (non-hydrogen) atoms. The van der Waals surface area contributed by atoms with Crippen LogP contribution in [0.15, 0.2) is 42.5 Å². The van der Waals surface area contributed by atoms with E-state index in [9.17, 15) is 9.59 Å². The molecule has 0 heterocycles. The number of nitrogens with zero attached hydrogens (tertiary/aromatic N) is 1. The molecule has 168 valence electrons. The van der Waals surface area contributed by atoms with Gasteiger partial charge in [-0.05, 0) is 50.5 Å². The SMILES string of the molecule is CCC(C(=O)NC(C)C)N(Cc1ccc(Cl)c(Cl)c1)C(=O)CSCc1ccc(C)cc1. The first-order valence-electron chi connectivity index (χ1n) is 10.4. The number of halogens is 2. The van der Waals surface area contributed by atoms with Crippen LogP contribution in [0, 0.1) is 6.92 Å². The summed E-state index contributed by atoms with van der Waals surface area (Å²) in [4.78, 5) is 27.7. The molecule has 1 atom stereocenters. The van der Waals surface area contributed by atoms with Gasteiger partial charge in [-0.3, -0.25) is 9.59 Å². The first-order valence-corrected chi connectivity index (χ1v) is 12.3. The lowest BCUT2D eigenvalue weighted by Crippen LogP contribution is -2.50. The van der Waals surface area contributed by atoms with E-state index in [1.165, 1.54) is 11.1 Å². The molecule has 1 unspecified atom stereocenters. The van der Waals surface area contributed by atoms with Gasteiger partial charge in [0.25, 0.3) is 0 Å². The lowest BCUT2D eigenvalue weighted by atomic mass is 10.1. The largest absolute Gasteiger partial charge is 0.352 e. The zero-order chi connectivity index (χ0) is 23.0. The van der Waals surface area contributed by atoms with Crippen LogP contribution in [0.3, 0.4) is 0 Å². The minimum atomic E-state index is -0.552. The predicted octanol–water partition coefficient (Wildman–Crippen LogP) is 5.87. The van der Waals surface area contributed by atoms with Crippen LogP contribution in [0.2, 0.25) is 10.0 Å². The highest BCUT2D eigenvalue weighted by atomic mass is 35.5. The van der Waals surface area contributed by atoms with Crippen molar-refractivity contribution in [2.24, 2.45) is 0 Å². The van der Waals surface area contributed by atoms with Crippen LogP contribution in [0.25, 0.3) is 0 Å². The molecule has 0 radical (unpaired) electrons. The average Bonchev–Trinajstić information content (AvgIpc) is 2.71. The monoisotopic (exact) mass is 480 g/mol. The quantitative estimate of drug-likeness (QED) is 0.462. The Balaban J connectivity index is 2.15. The number of hydrogen-bond acceptors (Lipinski definition) is 3. The molecule has 0 bridgehead atoms. The van der Waals surface area contributed by atoms with Crippen molar-refractivity contribution in [1.29, 1.82) is 0 Å². The van der Waals surface area contributed by atoms with Gasteiger partial charge in [0.2, 0.25) is 11.8 Å². The van der Waals surface area contributed by atoms with E-state index in [1.54, 1.807) is 28.8 Å². The maximum atomic E-state index is 13.2. The Kier molecular flexibility index (Phi) is 10.2. The Morgan fingerprint density at radius 1 is 1.03 bits per heavy atom. The molecule has 0 spiro atoms. The van der Waals surface area contributed by atoms with Crippen molar-refractivity contribution in [2.45, 2.75) is 58.5 Å². The second kappa shape index (κ2) is 12.4. The number of rotatable bonds is 10. The van der Waals surface area contributed by atoms with Crippen molar-refractivity contribution >= 4 is 46.8 Å². The van der Waals surface area contributed by atoms with Crippen LogP contribution in [0.5, 0.6) is 0 Å². The van der Waals surface area contributed by atoms with Gasteiger partial charge >= 0.3 is 0 Å². The Morgan fingerprint density at radius 2 is 1.68 bits per heavy atom. The summed E-state index contributed by atoms with van der Waals surface area (Å²) >= 11 is 13.7.